The number of rotatable bonds is 8. The van der Waals surface area contributed by atoms with E-state index in [1.54, 1.807) is 31.2 Å². The summed E-state index contributed by atoms with van der Waals surface area (Å²) in [5, 5.41) is 9.16. The van der Waals surface area contributed by atoms with Gasteiger partial charge in [-0.15, -0.1) is 0 Å². The van der Waals surface area contributed by atoms with Gasteiger partial charge in [-0.25, -0.2) is 14.7 Å². The van der Waals surface area contributed by atoms with Crippen molar-refractivity contribution in [1.29, 1.82) is 0 Å². The van der Waals surface area contributed by atoms with Crippen molar-refractivity contribution in [2.75, 3.05) is 17.7 Å². The van der Waals surface area contributed by atoms with Gasteiger partial charge in [0.25, 0.3) is 0 Å². The lowest BCUT2D eigenvalue weighted by atomic mass is 10.2. The van der Waals surface area contributed by atoms with E-state index in [4.69, 9.17) is 4.74 Å². The highest BCUT2D eigenvalue weighted by molar-refractivity contribution is 8.00. The molecule has 0 bridgehead atoms. The maximum atomic E-state index is 12.0. The highest BCUT2D eigenvalue weighted by Crippen LogP contribution is 2.17. The summed E-state index contributed by atoms with van der Waals surface area (Å²) in [6.45, 7) is 4.12. The fourth-order valence-corrected chi connectivity index (χ4v) is 2.67. The van der Waals surface area contributed by atoms with Gasteiger partial charge in [-0.05, 0) is 37.6 Å². The van der Waals surface area contributed by atoms with E-state index in [-0.39, 0.29) is 17.6 Å². The fourth-order valence-electron chi connectivity index (χ4n) is 1.93. The number of aromatic nitrogens is 3. The molecule has 2 rings (SSSR count). The van der Waals surface area contributed by atoms with Crippen molar-refractivity contribution < 1.29 is 14.3 Å². The second-order valence-electron chi connectivity index (χ2n) is 5.43. The minimum Gasteiger partial charge on any atom is -0.462 e. The minimum atomic E-state index is -0.556. The van der Waals surface area contributed by atoms with Gasteiger partial charge < -0.3 is 10.1 Å². The molecule has 0 spiro atoms. The predicted octanol–water partition coefficient (Wildman–Crippen LogP) is 2.16. The monoisotopic (exact) mass is 376 g/mol. The second kappa shape index (κ2) is 9.71. The molecule has 2 aromatic rings. The van der Waals surface area contributed by atoms with Crippen molar-refractivity contribution in [2.24, 2.45) is 0 Å². The highest BCUT2D eigenvalue weighted by Gasteiger charge is 2.10. The van der Waals surface area contributed by atoms with Crippen LogP contribution in [0.5, 0.6) is 0 Å². The second-order valence-corrected chi connectivity index (χ2v) is 6.40. The zero-order valence-corrected chi connectivity index (χ0v) is 15.4. The lowest BCUT2D eigenvalue weighted by Crippen LogP contribution is -2.17. The molecule has 1 amide bonds. The standard InChI is InChI=1S/C17H20N4O4S/c1-3-4-9-25-16(23)12-5-7-13(8-6-12)18-14(22)10-26-15-11(2)20-21-17(24)19-15/h5-8H,3-4,9-10H2,1-2H3,(H,18,22)(H,19,21,24). The maximum Gasteiger partial charge on any atom is 0.362 e. The summed E-state index contributed by atoms with van der Waals surface area (Å²) in [4.78, 5) is 38.8. The average Bonchev–Trinajstić information content (AvgIpc) is 2.63. The lowest BCUT2D eigenvalue weighted by molar-refractivity contribution is -0.113. The first-order valence-electron chi connectivity index (χ1n) is 8.12. The van der Waals surface area contributed by atoms with Crippen LogP contribution in [0.4, 0.5) is 5.69 Å². The number of H-pyrrole nitrogens is 1. The van der Waals surface area contributed by atoms with Crippen LogP contribution < -0.4 is 11.0 Å². The number of aryl methyl sites for hydroxylation is 1. The molecule has 0 saturated carbocycles. The Hall–Kier alpha value is -2.68. The van der Waals surface area contributed by atoms with Gasteiger partial charge in [0.15, 0.2) is 0 Å². The van der Waals surface area contributed by atoms with Crippen LogP contribution in [0.3, 0.4) is 0 Å². The molecule has 138 valence electrons. The number of amides is 1. The molecule has 2 N–H and O–H groups in total. The molecule has 0 aliphatic heterocycles. The van der Waals surface area contributed by atoms with E-state index in [1.165, 1.54) is 0 Å². The molecule has 0 unspecified atom stereocenters. The van der Waals surface area contributed by atoms with Crippen LogP contribution >= 0.6 is 11.8 Å². The number of hydrogen-bond acceptors (Lipinski definition) is 7. The van der Waals surface area contributed by atoms with Gasteiger partial charge in [0.1, 0.15) is 5.03 Å². The van der Waals surface area contributed by atoms with Crippen molar-refractivity contribution in [3.8, 4) is 0 Å². The molecular weight excluding hydrogens is 356 g/mol. The summed E-state index contributed by atoms with van der Waals surface area (Å²) in [5.41, 5.74) is 0.991. The first kappa shape index (κ1) is 19.6. The molecular formula is C17H20N4O4S. The highest BCUT2D eigenvalue weighted by atomic mass is 32.2. The van der Waals surface area contributed by atoms with E-state index in [1.807, 2.05) is 6.92 Å². The molecule has 26 heavy (non-hydrogen) atoms. The number of carbonyl (C=O) groups excluding carboxylic acids is 2. The summed E-state index contributed by atoms with van der Waals surface area (Å²) < 4.78 is 5.13. The van der Waals surface area contributed by atoms with E-state index < -0.39 is 5.69 Å². The van der Waals surface area contributed by atoms with Crippen LogP contribution in [0.25, 0.3) is 0 Å². The third-order valence-corrected chi connectivity index (χ3v) is 4.37. The summed E-state index contributed by atoms with van der Waals surface area (Å²) in [6.07, 6.45) is 1.79. The van der Waals surface area contributed by atoms with Crippen LogP contribution in [0.2, 0.25) is 0 Å². The molecule has 0 atom stereocenters. The van der Waals surface area contributed by atoms with Crippen molar-refractivity contribution in [1.82, 2.24) is 15.2 Å². The molecule has 0 aliphatic carbocycles. The number of carbonyl (C=O) groups is 2. The Morgan fingerprint density at radius 2 is 2.00 bits per heavy atom. The lowest BCUT2D eigenvalue weighted by Gasteiger charge is -2.07. The van der Waals surface area contributed by atoms with Gasteiger partial charge in [0.2, 0.25) is 5.91 Å². The van der Waals surface area contributed by atoms with E-state index in [0.717, 1.165) is 24.6 Å². The van der Waals surface area contributed by atoms with Crippen molar-refractivity contribution in [3.05, 3.63) is 46.0 Å². The SMILES string of the molecule is CCCCOC(=O)c1ccc(NC(=O)CSc2nc(=O)[nH]nc2C)cc1. The maximum absolute atomic E-state index is 12.0. The number of anilines is 1. The average molecular weight is 376 g/mol. The molecule has 1 aromatic heterocycles. The van der Waals surface area contributed by atoms with Gasteiger partial charge in [-0.2, -0.15) is 10.1 Å². The Labute approximate surface area is 154 Å². The minimum absolute atomic E-state index is 0.0831. The third kappa shape index (κ3) is 5.99. The molecule has 0 fully saturated rings. The molecule has 1 aromatic carbocycles. The number of aromatic amines is 1. The summed E-state index contributed by atoms with van der Waals surface area (Å²) in [6, 6.07) is 6.47. The van der Waals surface area contributed by atoms with Crippen LogP contribution in [0.15, 0.2) is 34.1 Å². The Morgan fingerprint density at radius 1 is 1.27 bits per heavy atom. The number of nitrogens with one attached hydrogen (secondary N) is 2. The molecule has 0 saturated heterocycles. The first-order chi connectivity index (χ1) is 12.5. The summed E-state index contributed by atoms with van der Waals surface area (Å²) in [5.74, 6) is -0.551. The molecule has 0 aliphatic rings. The van der Waals surface area contributed by atoms with Gasteiger partial charge in [-0.3, -0.25) is 4.79 Å². The topological polar surface area (TPSA) is 114 Å². The van der Waals surface area contributed by atoms with Gasteiger partial charge in [0.05, 0.1) is 23.6 Å². The fraction of sp³-hybridized carbons (Fsp3) is 0.353. The zero-order chi connectivity index (χ0) is 18.9. The Bertz CT molecular complexity index is 820. The number of unbranched alkanes of at least 4 members (excludes halogenated alkanes) is 1. The first-order valence-corrected chi connectivity index (χ1v) is 9.11. The van der Waals surface area contributed by atoms with E-state index in [0.29, 0.717) is 28.6 Å². The quantitative estimate of drug-likeness (QED) is 0.412. The molecule has 8 nitrogen and oxygen atoms in total. The van der Waals surface area contributed by atoms with Gasteiger partial charge in [-0.1, -0.05) is 25.1 Å². The van der Waals surface area contributed by atoms with Gasteiger partial charge >= 0.3 is 11.7 Å². The van der Waals surface area contributed by atoms with Crippen molar-refractivity contribution in [3.63, 3.8) is 0 Å². The van der Waals surface area contributed by atoms with E-state index in [9.17, 15) is 14.4 Å². The van der Waals surface area contributed by atoms with Crippen LogP contribution in [-0.4, -0.2) is 39.4 Å². The molecule has 1 heterocycles. The number of nitrogens with zero attached hydrogens (tertiary/aromatic N) is 2. The third-order valence-electron chi connectivity index (χ3n) is 3.31. The molecule has 9 heteroatoms. The summed E-state index contributed by atoms with van der Waals surface area (Å²) >= 11 is 1.13. The van der Waals surface area contributed by atoms with E-state index >= 15 is 0 Å². The number of esters is 1. The molecule has 0 radical (unpaired) electrons. The largest absolute Gasteiger partial charge is 0.462 e. The Balaban J connectivity index is 1.86. The van der Waals surface area contributed by atoms with Gasteiger partial charge in [0, 0.05) is 5.69 Å². The normalized spacial score (nSPS) is 10.4. The van der Waals surface area contributed by atoms with E-state index in [2.05, 4.69) is 20.5 Å². The van der Waals surface area contributed by atoms with Crippen molar-refractivity contribution >= 4 is 29.3 Å². The Kier molecular flexibility index (Phi) is 7.34. The number of hydrogen-bond donors (Lipinski definition) is 2. The zero-order valence-electron chi connectivity index (χ0n) is 14.6. The Morgan fingerprint density at radius 3 is 2.69 bits per heavy atom. The van der Waals surface area contributed by atoms with Crippen molar-refractivity contribution in [2.45, 2.75) is 31.7 Å². The van der Waals surface area contributed by atoms with Crippen LogP contribution in [-0.2, 0) is 9.53 Å². The summed E-state index contributed by atoms with van der Waals surface area (Å²) in [7, 11) is 0. The predicted molar refractivity (Wildman–Crippen MR) is 98.4 cm³/mol. The number of ether oxygens (including phenoxy) is 1. The van der Waals surface area contributed by atoms with Crippen LogP contribution in [0.1, 0.15) is 35.8 Å². The van der Waals surface area contributed by atoms with Crippen LogP contribution in [0, 0.1) is 6.92 Å². The number of thioether (sulfide) groups is 1. The smallest absolute Gasteiger partial charge is 0.362 e. The number of benzene rings is 1.